The number of anilines is 1. The van der Waals surface area contributed by atoms with Crippen molar-refractivity contribution in [2.75, 3.05) is 11.9 Å². The lowest BCUT2D eigenvalue weighted by Crippen LogP contribution is -2.32. The minimum atomic E-state index is -0.262. The van der Waals surface area contributed by atoms with Gasteiger partial charge in [0.1, 0.15) is 0 Å². The summed E-state index contributed by atoms with van der Waals surface area (Å²) < 4.78 is 1.96. The van der Waals surface area contributed by atoms with Gasteiger partial charge in [-0.25, -0.2) is 9.78 Å². The normalized spacial score (nSPS) is 11.6. The van der Waals surface area contributed by atoms with Gasteiger partial charge in [0.2, 0.25) is 0 Å². The number of rotatable bonds is 8. The fourth-order valence-electron chi connectivity index (χ4n) is 2.17. The van der Waals surface area contributed by atoms with Gasteiger partial charge in [-0.3, -0.25) is 4.79 Å². The molecule has 1 heterocycles. The molecular formula is C18H25N5O2. The van der Waals surface area contributed by atoms with Crippen LogP contribution >= 0.6 is 0 Å². The van der Waals surface area contributed by atoms with Crippen LogP contribution in [0.1, 0.15) is 37.0 Å². The molecule has 1 unspecified atom stereocenters. The first-order valence-corrected chi connectivity index (χ1v) is 8.50. The van der Waals surface area contributed by atoms with E-state index in [1.165, 1.54) is 0 Å². The van der Waals surface area contributed by atoms with Crippen molar-refractivity contribution in [3.8, 4) is 0 Å². The molecule has 3 N–H and O–H groups in total. The maximum absolute atomic E-state index is 12.0. The predicted molar refractivity (Wildman–Crippen MR) is 97.5 cm³/mol. The van der Waals surface area contributed by atoms with E-state index in [-0.39, 0.29) is 18.0 Å². The summed E-state index contributed by atoms with van der Waals surface area (Å²) in [7, 11) is 0. The molecule has 2 rings (SSSR count). The number of benzene rings is 1. The summed E-state index contributed by atoms with van der Waals surface area (Å²) in [5.41, 5.74) is 1.22. The Morgan fingerprint density at radius 2 is 2.00 bits per heavy atom. The van der Waals surface area contributed by atoms with E-state index in [1.54, 1.807) is 36.8 Å². The van der Waals surface area contributed by atoms with E-state index in [4.69, 9.17) is 0 Å². The number of nitrogens with zero attached hydrogens (tertiary/aromatic N) is 2. The van der Waals surface area contributed by atoms with Crippen LogP contribution in [0.5, 0.6) is 0 Å². The SMILES string of the molecule is CCC(C)NC(=O)c1ccc(NC(=O)NCCCn2ccnc2)cc1. The molecule has 0 bridgehead atoms. The molecular weight excluding hydrogens is 318 g/mol. The molecule has 0 radical (unpaired) electrons. The van der Waals surface area contributed by atoms with Crippen molar-refractivity contribution in [3.05, 3.63) is 48.5 Å². The molecule has 134 valence electrons. The second-order valence-corrected chi connectivity index (χ2v) is 5.90. The van der Waals surface area contributed by atoms with Crippen LogP contribution in [0.15, 0.2) is 43.0 Å². The Balaban J connectivity index is 1.72. The van der Waals surface area contributed by atoms with Crippen molar-refractivity contribution >= 4 is 17.6 Å². The summed E-state index contributed by atoms with van der Waals surface area (Å²) in [6.45, 7) is 5.36. The molecule has 0 saturated carbocycles. The highest BCUT2D eigenvalue weighted by atomic mass is 16.2. The van der Waals surface area contributed by atoms with Gasteiger partial charge in [-0.05, 0) is 44.0 Å². The van der Waals surface area contributed by atoms with E-state index in [2.05, 4.69) is 20.9 Å². The number of carbonyl (C=O) groups excluding carboxylic acids is 2. The molecule has 1 aromatic heterocycles. The summed E-state index contributed by atoms with van der Waals surface area (Å²) in [4.78, 5) is 27.8. The largest absolute Gasteiger partial charge is 0.350 e. The smallest absolute Gasteiger partial charge is 0.319 e. The van der Waals surface area contributed by atoms with Crippen LogP contribution in [0.25, 0.3) is 0 Å². The number of carbonyl (C=O) groups is 2. The summed E-state index contributed by atoms with van der Waals surface area (Å²) in [5.74, 6) is -0.107. The standard InChI is InChI=1S/C18H25N5O2/c1-3-14(2)21-17(24)15-5-7-16(8-6-15)22-18(25)20-9-4-11-23-12-10-19-13-23/h5-8,10,12-14H,3-4,9,11H2,1-2H3,(H,21,24)(H2,20,22,25). The number of aromatic nitrogens is 2. The molecule has 3 amide bonds. The van der Waals surface area contributed by atoms with E-state index in [9.17, 15) is 9.59 Å². The molecule has 1 atom stereocenters. The number of nitrogens with one attached hydrogen (secondary N) is 3. The maximum atomic E-state index is 12.0. The van der Waals surface area contributed by atoms with Gasteiger partial charge in [0.05, 0.1) is 6.33 Å². The third-order valence-electron chi connectivity index (χ3n) is 3.83. The zero-order valence-electron chi connectivity index (χ0n) is 14.7. The number of aryl methyl sites for hydroxylation is 1. The molecule has 7 nitrogen and oxygen atoms in total. The zero-order valence-corrected chi connectivity index (χ0v) is 14.7. The highest BCUT2D eigenvalue weighted by molar-refractivity contribution is 5.95. The summed E-state index contributed by atoms with van der Waals surface area (Å²) in [6, 6.07) is 6.71. The molecule has 2 aromatic rings. The lowest BCUT2D eigenvalue weighted by molar-refractivity contribution is 0.0939. The molecule has 0 aliphatic heterocycles. The molecule has 25 heavy (non-hydrogen) atoms. The third kappa shape index (κ3) is 6.29. The Labute approximate surface area is 147 Å². The number of hydrogen-bond acceptors (Lipinski definition) is 3. The van der Waals surface area contributed by atoms with Crippen LogP contribution in [-0.2, 0) is 6.54 Å². The average molecular weight is 343 g/mol. The molecule has 7 heteroatoms. The minimum absolute atomic E-state index is 0.107. The third-order valence-corrected chi connectivity index (χ3v) is 3.83. The van der Waals surface area contributed by atoms with Gasteiger partial charge in [0, 0.05) is 42.8 Å². The first-order chi connectivity index (χ1) is 12.1. The Bertz CT molecular complexity index is 667. The second-order valence-electron chi connectivity index (χ2n) is 5.90. The van der Waals surface area contributed by atoms with Crippen molar-refractivity contribution in [1.29, 1.82) is 0 Å². The van der Waals surface area contributed by atoms with Gasteiger partial charge in [-0.1, -0.05) is 6.92 Å². The summed E-state index contributed by atoms with van der Waals surface area (Å²) in [6.07, 6.45) is 7.07. The fraction of sp³-hybridized carbons (Fsp3) is 0.389. The van der Waals surface area contributed by atoms with Crippen molar-refractivity contribution in [2.24, 2.45) is 0 Å². The van der Waals surface area contributed by atoms with Crippen LogP contribution < -0.4 is 16.0 Å². The average Bonchev–Trinajstić information content (AvgIpc) is 3.12. The highest BCUT2D eigenvalue weighted by Gasteiger charge is 2.08. The summed E-state index contributed by atoms with van der Waals surface area (Å²) >= 11 is 0. The van der Waals surface area contributed by atoms with Crippen LogP contribution in [-0.4, -0.2) is 34.1 Å². The van der Waals surface area contributed by atoms with Gasteiger partial charge in [0.25, 0.3) is 5.91 Å². The Morgan fingerprint density at radius 1 is 1.24 bits per heavy atom. The van der Waals surface area contributed by atoms with Crippen LogP contribution in [0.2, 0.25) is 0 Å². The summed E-state index contributed by atoms with van der Waals surface area (Å²) in [5, 5.41) is 8.46. The Hall–Kier alpha value is -2.83. The first-order valence-electron chi connectivity index (χ1n) is 8.50. The number of urea groups is 1. The van der Waals surface area contributed by atoms with Crippen molar-refractivity contribution in [2.45, 2.75) is 39.3 Å². The van der Waals surface area contributed by atoms with E-state index in [1.807, 2.05) is 24.6 Å². The molecule has 0 spiro atoms. The topological polar surface area (TPSA) is 88.0 Å². The quantitative estimate of drug-likeness (QED) is 0.644. The molecule has 0 saturated heterocycles. The molecule has 0 aliphatic rings. The number of hydrogen-bond donors (Lipinski definition) is 3. The zero-order chi connectivity index (χ0) is 18.1. The van der Waals surface area contributed by atoms with Crippen LogP contribution in [0.3, 0.4) is 0 Å². The van der Waals surface area contributed by atoms with Crippen LogP contribution in [0.4, 0.5) is 10.5 Å². The Morgan fingerprint density at radius 3 is 2.64 bits per heavy atom. The van der Waals surface area contributed by atoms with Gasteiger partial charge in [-0.15, -0.1) is 0 Å². The van der Waals surface area contributed by atoms with Crippen molar-refractivity contribution in [3.63, 3.8) is 0 Å². The van der Waals surface area contributed by atoms with Gasteiger partial charge in [-0.2, -0.15) is 0 Å². The lowest BCUT2D eigenvalue weighted by atomic mass is 10.1. The second kappa shape index (κ2) is 9.46. The molecule has 0 fully saturated rings. The molecule has 0 aliphatic carbocycles. The van der Waals surface area contributed by atoms with E-state index in [0.29, 0.717) is 17.8 Å². The monoisotopic (exact) mass is 343 g/mol. The fourth-order valence-corrected chi connectivity index (χ4v) is 2.17. The van der Waals surface area contributed by atoms with Gasteiger partial charge in [0.15, 0.2) is 0 Å². The van der Waals surface area contributed by atoms with Crippen molar-refractivity contribution < 1.29 is 9.59 Å². The maximum Gasteiger partial charge on any atom is 0.319 e. The van der Waals surface area contributed by atoms with Gasteiger partial charge < -0.3 is 20.5 Å². The van der Waals surface area contributed by atoms with E-state index >= 15 is 0 Å². The number of amides is 3. The van der Waals surface area contributed by atoms with E-state index in [0.717, 1.165) is 19.4 Å². The molecule has 1 aromatic carbocycles. The van der Waals surface area contributed by atoms with Crippen LogP contribution in [0, 0.1) is 0 Å². The van der Waals surface area contributed by atoms with Crippen molar-refractivity contribution in [1.82, 2.24) is 20.2 Å². The van der Waals surface area contributed by atoms with E-state index < -0.39 is 0 Å². The van der Waals surface area contributed by atoms with Gasteiger partial charge >= 0.3 is 6.03 Å². The Kier molecular flexibility index (Phi) is 7.00. The first kappa shape index (κ1) is 18.5. The minimum Gasteiger partial charge on any atom is -0.350 e. The highest BCUT2D eigenvalue weighted by Crippen LogP contribution is 2.10. The number of imidazole rings is 1. The lowest BCUT2D eigenvalue weighted by Gasteiger charge is -2.12. The predicted octanol–water partition coefficient (Wildman–Crippen LogP) is 2.62.